The van der Waals surface area contributed by atoms with Gasteiger partial charge in [-0.3, -0.25) is 19.5 Å². The lowest BCUT2D eigenvalue weighted by atomic mass is 10.1. The maximum absolute atomic E-state index is 12.4. The predicted octanol–water partition coefficient (Wildman–Crippen LogP) is 4.04. The lowest BCUT2D eigenvalue weighted by Crippen LogP contribution is -2.14. The van der Waals surface area contributed by atoms with Crippen LogP contribution in [0.15, 0.2) is 65.4 Å². The fourth-order valence-corrected chi connectivity index (χ4v) is 4.30. The van der Waals surface area contributed by atoms with Gasteiger partial charge in [-0.15, -0.1) is 21.5 Å². The van der Waals surface area contributed by atoms with Gasteiger partial charge in [-0.1, -0.05) is 36.0 Å². The first-order valence-corrected chi connectivity index (χ1v) is 11.1. The van der Waals surface area contributed by atoms with Gasteiger partial charge in [0.15, 0.2) is 10.3 Å². The first kappa shape index (κ1) is 21.5. The lowest BCUT2D eigenvalue weighted by molar-refractivity contribution is -0.384. The van der Waals surface area contributed by atoms with E-state index in [1.54, 1.807) is 35.5 Å². The Balaban J connectivity index is 1.41. The minimum absolute atomic E-state index is 0.0170. The zero-order chi connectivity index (χ0) is 22.5. The zero-order valence-electron chi connectivity index (χ0n) is 16.7. The molecule has 4 aromatic rings. The molecule has 1 amide bonds. The van der Waals surface area contributed by atoms with E-state index in [0.29, 0.717) is 27.3 Å². The molecule has 0 aliphatic carbocycles. The predicted molar refractivity (Wildman–Crippen MR) is 121 cm³/mol. The molecule has 2 aromatic carbocycles. The molecular weight excluding hydrogens is 452 g/mol. The van der Waals surface area contributed by atoms with Crippen LogP contribution in [0.25, 0.3) is 16.9 Å². The van der Waals surface area contributed by atoms with Gasteiger partial charge < -0.3 is 10.1 Å². The van der Waals surface area contributed by atoms with E-state index in [0.717, 1.165) is 5.69 Å². The normalized spacial score (nSPS) is 10.7. The van der Waals surface area contributed by atoms with E-state index < -0.39 is 4.92 Å². The summed E-state index contributed by atoms with van der Waals surface area (Å²) in [7, 11) is 1.58. The number of non-ortho nitro benzene ring substituents is 1. The highest BCUT2D eigenvalue weighted by Crippen LogP contribution is 2.29. The van der Waals surface area contributed by atoms with Gasteiger partial charge >= 0.3 is 0 Å². The van der Waals surface area contributed by atoms with Crippen LogP contribution in [0.2, 0.25) is 0 Å². The molecule has 162 valence electrons. The Labute approximate surface area is 190 Å². The van der Waals surface area contributed by atoms with Crippen molar-refractivity contribution >= 4 is 39.8 Å². The summed E-state index contributed by atoms with van der Waals surface area (Å²) >= 11 is 2.47. The van der Waals surface area contributed by atoms with E-state index >= 15 is 0 Å². The molecule has 1 N–H and O–H groups in total. The largest absolute Gasteiger partial charge is 0.495 e. The fraction of sp³-hybridized carbons (Fsp3) is 0.100. The number of methoxy groups -OCH3 is 1. The van der Waals surface area contributed by atoms with Gasteiger partial charge in [-0.25, -0.2) is 4.98 Å². The van der Waals surface area contributed by atoms with Gasteiger partial charge in [0, 0.05) is 23.1 Å². The molecule has 12 heteroatoms. The van der Waals surface area contributed by atoms with Crippen molar-refractivity contribution in [2.24, 2.45) is 0 Å². The van der Waals surface area contributed by atoms with E-state index in [4.69, 9.17) is 4.74 Å². The number of anilines is 1. The summed E-state index contributed by atoms with van der Waals surface area (Å²) in [4.78, 5) is 27.3. The maximum Gasteiger partial charge on any atom is 0.270 e. The highest BCUT2D eigenvalue weighted by molar-refractivity contribution is 7.99. The number of thiazole rings is 1. The van der Waals surface area contributed by atoms with E-state index in [1.807, 2.05) is 24.3 Å². The number of para-hydroxylation sites is 2. The number of amides is 1. The van der Waals surface area contributed by atoms with Crippen molar-refractivity contribution in [2.45, 2.75) is 5.16 Å². The van der Waals surface area contributed by atoms with E-state index in [1.165, 1.54) is 35.2 Å². The third kappa shape index (κ3) is 4.76. The second-order valence-corrected chi connectivity index (χ2v) is 8.14. The van der Waals surface area contributed by atoms with Crippen molar-refractivity contribution in [3.05, 3.63) is 70.4 Å². The summed E-state index contributed by atoms with van der Waals surface area (Å²) in [5.41, 5.74) is 1.91. The molecule has 10 nitrogen and oxygen atoms in total. The Morgan fingerprint density at radius 3 is 2.94 bits per heavy atom. The van der Waals surface area contributed by atoms with Gasteiger partial charge in [0.25, 0.3) is 5.69 Å². The summed E-state index contributed by atoms with van der Waals surface area (Å²) in [6, 6.07) is 13.6. The Morgan fingerprint density at radius 1 is 1.28 bits per heavy atom. The molecule has 0 aliphatic heterocycles. The number of nitro benzene ring substituents is 1. The number of nitrogens with one attached hydrogen (secondary N) is 1. The fourth-order valence-electron chi connectivity index (χ4n) is 2.84. The highest BCUT2D eigenvalue weighted by Gasteiger charge is 2.15. The third-order valence-electron chi connectivity index (χ3n) is 4.30. The number of nitrogens with zero attached hydrogens (tertiary/aromatic N) is 5. The van der Waals surface area contributed by atoms with Crippen LogP contribution < -0.4 is 10.1 Å². The van der Waals surface area contributed by atoms with Crippen molar-refractivity contribution in [2.75, 3.05) is 18.2 Å². The molecule has 0 atom stereocenters. The number of hydrogen-bond donors (Lipinski definition) is 1. The molecule has 0 saturated heterocycles. The standard InChI is InChI=1S/C20H16N6O4S2/c1-30-17-8-3-2-7-16(17)25-12-21-24-20(25)32-11-18(27)23-19-22-15(10-31-19)13-5-4-6-14(9-13)26(28)29/h2-10,12H,11H2,1H3,(H,22,23,27). The van der Waals surface area contributed by atoms with Crippen molar-refractivity contribution in [1.82, 2.24) is 19.7 Å². The Kier molecular flexibility index (Phi) is 6.42. The first-order chi connectivity index (χ1) is 15.5. The molecular formula is C20H16N6O4S2. The van der Waals surface area contributed by atoms with Gasteiger partial charge in [0.1, 0.15) is 12.1 Å². The topological polar surface area (TPSA) is 125 Å². The number of carbonyl (C=O) groups excluding carboxylic acids is 1. The van der Waals surface area contributed by atoms with Gasteiger partial charge in [-0.2, -0.15) is 0 Å². The quantitative estimate of drug-likeness (QED) is 0.233. The monoisotopic (exact) mass is 468 g/mol. The van der Waals surface area contributed by atoms with Crippen LogP contribution in [0.3, 0.4) is 0 Å². The van der Waals surface area contributed by atoms with E-state index in [-0.39, 0.29) is 17.3 Å². The molecule has 0 radical (unpaired) electrons. The lowest BCUT2D eigenvalue weighted by Gasteiger charge is -2.10. The minimum Gasteiger partial charge on any atom is -0.495 e. The number of carbonyl (C=O) groups is 1. The summed E-state index contributed by atoms with van der Waals surface area (Å²) in [5, 5.41) is 24.4. The molecule has 2 heterocycles. The first-order valence-electron chi connectivity index (χ1n) is 9.21. The maximum atomic E-state index is 12.4. The van der Waals surface area contributed by atoms with Crippen LogP contribution in [-0.2, 0) is 4.79 Å². The van der Waals surface area contributed by atoms with Crippen LogP contribution in [0, 0.1) is 10.1 Å². The van der Waals surface area contributed by atoms with Gasteiger partial charge in [0.2, 0.25) is 5.91 Å². The number of hydrogen-bond acceptors (Lipinski definition) is 9. The Morgan fingerprint density at radius 2 is 2.12 bits per heavy atom. The van der Waals surface area contributed by atoms with Crippen LogP contribution in [0.1, 0.15) is 0 Å². The van der Waals surface area contributed by atoms with Crippen LogP contribution in [0.5, 0.6) is 5.75 Å². The average molecular weight is 469 g/mol. The van der Waals surface area contributed by atoms with Crippen molar-refractivity contribution in [3.8, 4) is 22.7 Å². The Bertz CT molecular complexity index is 1270. The summed E-state index contributed by atoms with van der Waals surface area (Å²) in [5.74, 6) is 0.499. The number of ether oxygens (including phenoxy) is 1. The van der Waals surface area contributed by atoms with Crippen molar-refractivity contribution in [1.29, 1.82) is 0 Å². The molecule has 0 aliphatic rings. The van der Waals surface area contributed by atoms with Crippen molar-refractivity contribution < 1.29 is 14.5 Å². The van der Waals surface area contributed by atoms with E-state index in [2.05, 4.69) is 20.5 Å². The summed E-state index contributed by atoms with van der Waals surface area (Å²) in [6.07, 6.45) is 1.56. The molecule has 0 fully saturated rings. The smallest absolute Gasteiger partial charge is 0.270 e. The molecule has 0 unspecified atom stereocenters. The third-order valence-corrected chi connectivity index (χ3v) is 6.00. The Hall–Kier alpha value is -3.77. The second-order valence-electron chi connectivity index (χ2n) is 6.34. The SMILES string of the molecule is COc1ccccc1-n1cnnc1SCC(=O)Nc1nc(-c2cccc([N+](=O)[O-])c2)cs1. The molecule has 2 aromatic heterocycles. The van der Waals surface area contributed by atoms with Crippen molar-refractivity contribution in [3.63, 3.8) is 0 Å². The van der Waals surface area contributed by atoms with E-state index in [9.17, 15) is 14.9 Å². The molecule has 32 heavy (non-hydrogen) atoms. The number of nitro groups is 1. The summed E-state index contributed by atoms with van der Waals surface area (Å²) in [6.45, 7) is 0. The molecule has 0 saturated carbocycles. The van der Waals surface area contributed by atoms with Crippen LogP contribution in [0.4, 0.5) is 10.8 Å². The molecule has 4 rings (SSSR count). The van der Waals surface area contributed by atoms with Crippen LogP contribution in [-0.4, -0.2) is 43.4 Å². The summed E-state index contributed by atoms with van der Waals surface area (Å²) < 4.78 is 7.13. The molecule has 0 spiro atoms. The number of thioether (sulfide) groups is 1. The minimum atomic E-state index is -0.459. The average Bonchev–Trinajstić information content (AvgIpc) is 3.47. The highest BCUT2D eigenvalue weighted by atomic mass is 32.2. The zero-order valence-corrected chi connectivity index (χ0v) is 18.3. The number of benzene rings is 2. The van der Waals surface area contributed by atoms with Crippen LogP contribution >= 0.6 is 23.1 Å². The number of aromatic nitrogens is 4. The van der Waals surface area contributed by atoms with Gasteiger partial charge in [-0.05, 0) is 12.1 Å². The molecule has 0 bridgehead atoms. The number of rotatable bonds is 8. The second kappa shape index (κ2) is 9.58. The van der Waals surface area contributed by atoms with Gasteiger partial charge in [0.05, 0.1) is 29.2 Å².